The third-order valence-electron chi connectivity index (χ3n) is 5.53. The summed E-state index contributed by atoms with van der Waals surface area (Å²) in [5.74, 6) is 0.457. The van der Waals surface area contributed by atoms with Crippen molar-refractivity contribution in [3.05, 3.63) is 40.6 Å². The summed E-state index contributed by atoms with van der Waals surface area (Å²) in [6, 6.07) is 2.86. The molecule has 8 heteroatoms. The average Bonchev–Trinajstić information content (AvgIpc) is 3.12. The van der Waals surface area contributed by atoms with Gasteiger partial charge < -0.3 is 5.32 Å². The minimum atomic E-state index is -4.03. The molecule has 1 heterocycles. The fourth-order valence-electron chi connectivity index (χ4n) is 3.95. The van der Waals surface area contributed by atoms with Gasteiger partial charge in [-0.2, -0.15) is 13.5 Å². The molecule has 2 aromatic rings. The minimum absolute atomic E-state index is 0.0361. The molecule has 4 rings (SSSR count). The standard InChI is InChI=1S/C20H26N4O3S/c1-12(2)24-10-9-18(22-24)28(26,27)23-20(25)21-19-16-6-4-5-15(16)13(3)11-17(19)14-7-8-14/h9-12,14H,4-8H2,1-3H3,(H2,21,23,25). The number of hydrogen-bond acceptors (Lipinski definition) is 4. The average molecular weight is 403 g/mol. The molecule has 2 aliphatic rings. The topological polar surface area (TPSA) is 93.1 Å². The maximum Gasteiger partial charge on any atom is 0.333 e. The number of urea groups is 1. The molecule has 0 radical (unpaired) electrons. The molecule has 1 aromatic carbocycles. The minimum Gasteiger partial charge on any atom is -0.307 e. The smallest absolute Gasteiger partial charge is 0.307 e. The van der Waals surface area contributed by atoms with Gasteiger partial charge in [0.15, 0.2) is 5.03 Å². The highest BCUT2D eigenvalue weighted by atomic mass is 32.2. The van der Waals surface area contributed by atoms with Gasteiger partial charge in [0.2, 0.25) is 0 Å². The van der Waals surface area contributed by atoms with Gasteiger partial charge in [-0.1, -0.05) is 6.07 Å². The molecule has 0 aliphatic heterocycles. The Morgan fingerprint density at radius 1 is 1.25 bits per heavy atom. The van der Waals surface area contributed by atoms with E-state index >= 15 is 0 Å². The van der Waals surface area contributed by atoms with Crippen molar-refractivity contribution in [2.24, 2.45) is 0 Å². The largest absolute Gasteiger partial charge is 0.333 e. The normalized spacial score (nSPS) is 16.3. The van der Waals surface area contributed by atoms with Gasteiger partial charge in [0, 0.05) is 17.9 Å². The lowest BCUT2D eigenvalue weighted by Gasteiger charge is -2.18. The number of rotatable bonds is 5. The van der Waals surface area contributed by atoms with Crippen molar-refractivity contribution in [1.29, 1.82) is 0 Å². The number of aryl methyl sites for hydroxylation is 1. The first-order valence-electron chi connectivity index (χ1n) is 9.80. The van der Waals surface area contributed by atoms with Crippen molar-refractivity contribution in [3.8, 4) is 0 Å². The fraction of sp³-hybridized carbons (Fsp3) is 0.500. The zero-order valence-corrected chi connectivity index (χ0v) is 17.3. The van der Waals surface area contributed by atoms with Crippen LogP contribution >= 0.6 is 0 Å². The van der Waals surface area contributed by atoms with E-state index in [4.69, 9.17) is 0 Å². The first kappa shape index (κ1) is 19.0. The van der Waals surface area contributed by atoms with Gasteiger partial charge in [0.05, 0.1) is 0 Å². The Morgan fingerprint density at radius 2 is 1.96 bits per heavy atom. The molecule has 2 amide bonds. The van der Waals surface area contributed by atoms with Crippen molar-refractivity contribution in [3.63, 3.8) is 0 Å². The molecule has 0 spiro atoms. The number of aromatic nitrogens is 2. The Bertz CT molecular complexity index is 1040. The van der Waals surface area contributed by atoms with Crippen LogP contribution in [0.3, 0.4) is 0 Å². The zero-order chi connectivity index (χ0) is 20.1. The van der Waals surface area contributed by atoms with Gasteiger partial charge in [0.25, 0.3) is 10.0 Å². The van der Waals surface area contributed by atoms with E-state index in [0.717, 1.165) is 43.4 Å². The molecule has 150 valence electrons. The summed E-state index contributed by atoms with van der Waals surface area (Å²) in [6.07, 6.45) is 6.80. The summed E-state index contributed by atoms with van der Waals surface area (Å²) in [6.45, 7) is 5.93. The maximum absolute atomic E-state index is 12.6. The van der Waals surface area contributed by atoms with Crippen LogP contribution in [0.2, 0.25) is 0 Å². The lowest BCUT2D eigenvalue weighted by molar-refractivity contribution is 0.256. The molecular weight excluding hydrogens is 376 g/mol. The maximum atomic E-state index is 12.6. The highest BCUT2D eigenvalue weighted by Gasteiger charge is 2.31. The van der Waals surface area contributed by atoms with Crippen LogP contribution in [0.25, 0.3) is 0 Å². The Hall–Kier alpha value is -2.35. The second-order valence-electron chi connectivity index (χ2n) is 8.03. The molecule has 1 aromatic heterocycles. The van der Waals surface area contributed by atoms with Crippen molar-refractivity contribution in [2.45, 2.75) is 69.9 Å². The summed E-state index contributed by atoms with van der Waals surface area (Å²) in [7, 11) is -4.03. The summed E-state index contributed by atoms with van der Waals surface area (Å²) in [5, 5.41) is 6.74. The van der Waals surface area contributed by atoms with Gasteiger partial charge in [-0.05, 0) is 87.1 Å². The van der Waals surface area contributed by atoms with E-state index in [1.54, 1.807) is 10.9 Å². The van der Waals surface area contributed by atoms with Crippen molar-refractivity contribution < 1.29 is 13.2 Å². The van der Waals surface area contributed by atoms with Crippen LogP contribution in [0.1, 0.15) is 67.3 Å². The quantitative estimate of drug-likeness (QED) is 0.798. The zero-order valence-electron chi connectivity index (χ0n) is 16.4. The number of fused-ring (bicyclic) bond motifs is 1. The SMILES string of the molecule is Cc1cc(C2CC2)c(NC(=O)NS(=O)(=O)c2ccn(C(C)C)n2)c2c1CCC2. The van der Waals surface area contributed by atoms with E-state index in [2.05, 4.69) is 28.1 Å². The van der Waals surface area contributed by atoms with Crippen LogP contribution in [0, 0.1) is 6.92 Å². The van der Waals surface area contributed by atoms with Crippen LogP contribution in [0.15, 0.2) is 23.4 Å². The number of nitrogens with one attached hydrogen (secondary N) is 2. The second kappa shape index (κ2) is 6.92. The van der Waals surface area contributed by atoms with E-state index in [9.17, 15) is 13.2 Å². The van der Waals surface area contributed by atoms with Crippen LogP contribution < -0.4 is 10.0 Å². The molecule has 7 nitrogen and oxygen atoms in total. The predicted molar refractivity (Wildman–Crippen MR) is 107 cm³/mol. The molecule has 0 bridgehead atoms. The van der Waals surface area contributed by atoms with Crippen LogP contribution in [0.5, 0.6) is 0 Å². The Labute approximate surface area is 165 Å². The molecule has 1 saturated carbocycles. The van der Waals surface area contributed by atoms with Crippen LogP contribution in [0.4, 0.5) is 10.5 Å². The van der Waals surface area contributed by atoms with Crippen molar-refractivity contribution in [1.82, 2.24) is 14.5 Å². The lowest BCUT2D eigenvalue weighted by atomic mass is 9.95. The fourth-order valence-corrected chi connectivity index (χ4v) is 4.79. The van der Waals surface area contributed by atoms with E-state index < -0.39 is 16.1 Å². The van der Waals surface area contributed by atoms with Crippen LogP contribution in [-0.2, 0) is 22.9 Å². The van der Waals surface area contributed by atoms with Gasteiger partial charge in [-0.25, -0.2) is 9.52 Å². The predicted octanol–water partition coefficient (Wildman–Crippen LogP) is 3.65. The highest BCUT2D eigenvalue weighted by molar-refractivity contribution is 7.90. The highest BCUT2D eigenvalue weighted by Crippen LogP contribution is 2.47. The van der Waals surface area contributed by atoms with Crippen molar-refractivity contribution in [2.75, 3.05) is 5.32 Å². The summed E-state index contributed by atoms with van der Waals surface area (Å²) in [5.41, 5.74) is 5.67. The molecule has 0 atom stereocenters. The van der Waals surface area contributed by atoms with E-state index in [1.165, 1.54) is 22.8 Å². The second-order valence-corrected chi connectivity index (χ2v) is 9.66. The van der Waals surface area contributed by atoms with Gasteiger partial charge >= 0.3 is 6.03 Å². The Morgan fingerprint density at radius 3 is 2.61 bits per heavy atom. The number of hydrogen-bond donors (Lipinski definition) is 2. The summed E-state index contributed by atoms with van der Waals surface area (Å²) >= 11 is 0. The van der Waals surface area contributed by atoms with E-state index in [-0.39, 0.29) is 11.1 Å². The summed E-state index contributed by atoms with van der Waals surface area (Å²) in [4.78, 5) is 12.6. The lowest BCUT2D eigenvalue weighted by Crippen LogP contribution is -2.35. The first-order chi connectivity index (χ1) is 13.3. The molecule has 0 saturated heterocycles. The third-order valence-corrected chi connectivity index (χ3v) is 6.75. The number of benzene rings is 1. The molecular formula is C20H26N4O3S. The molecule has 2 N–H and O–H groups in total. The number of anilines is 1. The van der Waals surface area contributed by atoms with Gasteiger partial charge in [-0.15, -0.1) is 0 Å². The molecule has 2 aliphatic carbocycles. The Balaban J connectivity index is 1.58. The van der Waals surface area contributed by atoms with Gasteiger partial charge in [-0.3, -0.25) is 4.68 Å². The number of amides is 2. The first-order valence-corrected chi connectivity index (χ1v) is 11.3. The molecule has 1 fully saturated rings. The summed E-state index contributed by atoms with van der Waals surface area (Å²) < 4.78 is 28.7. The number of carbonyl (C=O) groups excluding carboxylic acids is 1. The number of sulfonamides is 1. The van der Waals surface area contributed by atoms with E-state index in [1.807, 2.05) is 13.8 Å². The number of nitrogens with zero attached hydrogens (tertiary/aromatic N) is 2. The van der Waals surface area contributed by atoms with Crippen molar-refractivity contribution >= 4 is 21.7 Å². The molecule has 28 heavy (non-hydrogen) atoms. The van der Waals surface area contributed by atoms with E-state index in [0.29, 0.717) is 5.92 Å². The molecule has 0 unspecified atom stereocenters. The Kier molecular flexibility index (Phi) is 4.69. The van der Waals surface area contributed by atoms with Crippen LogP contribution in [-0.4, -0.2) is 24.2 Å². The third kappa shape index (κ3) is 3.53. The number of carbonyl (C=O) groups is 1. The monoisotopic (exact) mass is 402 g/mol. The van der Waals surface area contributed by atoms with Gasteiger partial charge in [0.1, 0.15) is 0 Å².